The number of thioether (sulfide) groups is 1. The van der Waals surface area contributed by atoms with Gasteiger partial charge in [-0.2, -0.15) is 11.8 Å². The van der Waals surface area contributed by atoms with Crippen LogP contribution in [0.3, 0.4) is 0 Å². The summed E-state index contributed by atoms with van der Waals surface area (Å²) in [5, 5.41) is 0. The Morgan fingerprint density at radius 2 is 2.05 bits per heavy atom. The number of rotatable bonds is 5. The third kappa shape index (κ3) is 4.49. The maximum atomic E-state index is 12.3. The minimum Gasteiger partial charge on any atom is -0.375 e. The van der Waals surface area contributed by atoms with E-state index < -0.39 is 0 Å². The van der Waals surface area contributed by atoms with Crippen molar-refractivity contribution in [1.82, 2.24) is 0 Å². The second-order valence-electron chi connectivity index (χ2n) is 6.66. The summed E-state index contributed by atoms with van der Waals surface area (Å²) >= 11 is 1.81. The first-order chi connectivity index (χ1) is 9.11. The van der Waals surface area contributed by atoms with E-state index >= 15 is 0 Å². The predicted octanol–water partition coefficient (Wildman–Crippen LogP) is 4.07. The van der Waals surface area contributed by atoms with Crippen molar-refractivity contribution in [3.05, 3.63) is 0 Å². The molecule has 3 heteroatoms. The summed E-state index contributed by atoms with van der Waals surface area (Å²) in [5.41, 5.74) is 0.0690. The van der Waals surface area contributed by atoms with Crippen molar-refractivity contribution in [2.75, 3.05) is 18.1 Å². The first-order valence-electron chi connectivity index (χ1n) is 7.86. The zero-order chi connectivity index (χ0) is 13.7. The van der Waals surface area contributed by atoms with E-state index in [0.717, 1.165) is 25.2 Å². The molecule has 19 heavy (non-hydrogen) atoms. The van der Waals surface area contributed by atoms with Crippen LogP contribution in [0, 0.1) is 11.8 Å². The highest BCUT2D eigenvalue weighted by Gasteiger charge is 2.40. The lowest BCUT2D eigenvalue weighted by Gasteiger charge is -2.43. The van der Waals surface area contributed by atoms with Crippen LogP contribution in [0.1, 0.15) is 58.8 Å². The minimum absolute atomic E-state index is 0.0690. The largest absolute Gasteiger partial charge is 0.375 e. The van der Waals surface area contributed by atoms with Crippen LogP contribution in [0.15, 0.2) is 0 Å². The van der Waals surface area contributed by atoms with Gasteiger partial charge in [0.2, 0.25) is 0 Å². The highest BCUT2D eigenvalue weighted by Crippen LogP contribution is 2.41. The highest BCUT2D eigenvalue weighted by atomic mass is 32.2. The van der Waals surface area contributed by atoms with Crippen molar-refractivity contribution in [2.45, 2.75) is 64.4 Å². The quantitative estimate of drug-likeness (QED) is 0.761. The topological polar surface area (TPSA) is 26.3 Å². The van der Waals surface area contributed by atoms with E-state index in [1.807, 2.05) is 11.8 Å². The zero-order valence-electron chi connectivity index (χ0n) is 12.5. The van der Waals surface area contributed by atoms with Gasteiger partial charge < -0.3 is 4.74 Å². The van der Waals surface area contributed by atoms with E-state index in [2.05, 4.69) is 13.8 Å². The first-order valence-corrected chi connectivity index (χ1v) is 9.01. The van der Waals surface area contributed by atoms with Gasteiger partial charge in [0.1, 0.15) is 5.78 Å². The van der Waals surface area contributed by atoms with E-state index in [1.165, 1.54) is 32.1 Å². The molecule has 0 bridgehead atoms. The maximum absolute atomic E-state index is 12.3. The zero-order valence-corrected chi connectivity index (χ0v) is 13.3. The summed E-state index contributed by atoms with van der Waals surface area (Å²) in [4.78, 5) is 12.3. The van der Waals surface area contributed by atoms with Crippen LogP contribution in [-0.2, 0) is 9.53 Å². The van der Waals surface area contributed by atoms with Gasteiger partial charge in [0, 0.05) is 12.5 Å². The van der Waals surface area contributed by atoms with E-state index in [1.54, 1.807) is 0 Å². The molecule has 1 atom stereocenters. The van der Waals surface area contributed by atoms with E-state index in [4.69, 9.17) is 4.74 Å². The SMILES string of the molecule is CC(C)CSCC(=O)C1CCOC2(CCCCC2)C1. The van der Waals surface area contributed by atoms with Crippen molar-refractivity contribution in [3.63, 3.8) is 0 Å². The van der Waals surface area contributed by atoms with E-state index in [0.29, 0.717) is 17.5 Å². The molecule has 1 saturated heterocycles. The Balaban J connectivity index is 1.81. The molecule has 1 saturated carbocycles. The number of hydrogen-bond acceptors (Lipinski definition) is 3. The van der Waals surface area contributed by atoms with Gasteiger partial charge >= 0.3 is 0 Å². The molecule has 1 unspecified atom stereocenters. The second-order valence-corrected chi connectivity index (χ2v) is 7.69. The molecule has 1 heterocycles. The summed E-state index contributed by atoms with van der Waals surface area (Å²) in [7, 11) is 0. The van der Waals surface area contributed by atoms with Gasteiger partial charge in [0.25, 0.3) is 0 Å². The van der Waals surface area contributed by atoms with Gasteiger partial charge in [-0.25, -0.2) is 0 Å². The molecule has 2 aliphatic rings. The Morgan fingerprint density at radius 1 is 1.32 bits per heavy atom. The number of ether oxygens (including phenoxy) is 1. The van der Waals surface area contributed by atoms with Crippen LogP contribution < -0.4 is 0 Å². The third-order valence-corrected chi connectivity index (χ3v) is 5.80. The van der Waals surface area contributed by atoms with Crippen LogP contribution in [0.2, 0.25) is 0 Å². The Bertz CT molecular complexity index is 290. The van der Waals surface area contributed by atoms with Crippen molar-refractivity contribution >= 4 is 17.5 Å². The summed E-state index contributed by atoms with van der Waals surface area (Å²) < 4.78 is 6.07. The van der Waals surface area contributed by atoms with Crippen LogP contribution in [-0.4, -0.2) is 29.5 Å². The summed E-state index contributed by atoms with van der Waals surface area (Å²) in [6.45, 7) is 5.22. The van der Waals surface area contributed by atoms with Gasteiger partial charge in [0.05, 0.1) is 11.4 Å². The van der Waals surface area contributed by atoms with Crippen LogP contribution >= 0.6 is 11.8 Å². The molecule has 2 nitrogen and oxygen atoms in total. The second kappa shape index (κ2) is 7.12. The standard InChI is InChI=1S/C16H28O2S/c1-13(2)11-19-12-15(17)14-6-9-18-16(10-14)7-4-3-5-8-16/h13-14H,3-12H2,1-2H3. The Labute approximate surface area is 122 Å². The van der Waals surface area contributed by atoms with E-state index in [9.17, 15) is 4.79 Å². The van der Waals surface area contributed by atoms with Crippen molar-refractivity contribution in [2.24, 2.45) is 11.8 Å². The van der Waals surface area contributed by atoms with Crippen LogP contribution in [0.5, 0.6) is 0 Å². The first kappa shape index (κ1) is 15.4. The molecule has 2 rings (SSSR count). The summed E-state index contributed by atoms with van der Waals surface area (Å²) in [6, 6.07) is 0. The van der Waals surface area contributed by atoms with Gasteiger partial charge in [-0.1, -0.05) is 33.1 Å². The Morgan fingerprint density at radius 3 is 2.74 bits per heavy atom. The van der Waals surface area contributed by atoms with Gasteiger partial charge in [0.15, 0.2) is 0 Å². The lowest BCUT2D eigenvalue weighted by atomic mass is 9.75. The van der Waals surface area contributed by atoms with Gasteiger partial charge in [-0.05, 0) is 37.4 Å². The molecule has 2 fully saturated rings. The highest BCUT2D eigenvalue weighted by molar-refractivity contribution is 7.99. The molecule has 110 valence electrons. The Hall–Kier alpha value is -0.0200. The molecule has 0 amide bonds. The molecule has 0 aromatic rings. The van der Waals surface area contributed by atoms with Gasteiger partial charge in [-0.3, -0.25) is 4.79 Å². The number of Topliss-reactive ketones (excluding diaryl/α,β-unsaturated/α-hetero) is 1. The lowest BCUT2D eigenvalue weighted by Crippen LogP contribution is -2.43. The number of ketones is 1. The molecule has 0 aromatic carbocycles. The fourth-order valence-electron chi connectivity index (χ4n) is 3.36. The molecule has 1 aliphatic heterocycles. The normalized spacial score (nSPS) is 26.8. The lowest BCUT2D eigenvalue weighted by molar-refractivity contribution is -0.140. The average molecular weight is 284 g/mol. The molecule has 0 radical (unpaired) electrons. The number of hydrogen-bond donors (Lipinski definition) is 0. The molecular formula is C16H28O2S. The summed E-state index contributed by atoms with van der Waals surface area (Å²) in [5.74, 6) is 3.22. The molecule has 1 aliphatic carbocycles. The van der Waals surface area contributed by atoms with E-state index in [-0.39, 0.29) is 11.5 Å². The number of carbonyl (C=O) groups is 1. The smallest absolute Gasteiger partial charge is 0.146 e. The van der Waals surface area contributed by atoms with Gasteiger partial charge in [-0.15, -0.1) is 0 Å². The maximum Gasteiger partial charge on any atom is 0.146 e. The van der Waals surface area contributed by atoms with Crippen molar-refractivity contribution in [1.29, 1.82) is 0 Å². The fraction of sp³-hybridized carbons (Fsp3) is 0.938. The molecular weight excluding hydrogens is 256 g/mol. The predicted molar refractivity (Wildman–Crippen MR) is 81.7 cm³/mol. The average Bonchev–Trinajstić information content (AvgIpc) is 2.39. The van der Waals surface area contributed by atoms with Crippen LogP contribution in [0.4, 0.5) is 0 Å². The third-order valence-electron chi connectivity index (χ3n) is 4.41. The Kier molecular flexibility index (Phi) is 5.76. The number of carbonyl (C=O) groups excluding carboxylic acids is 1. The fourth-order valence-corrected chi connectivity index (χ4v) is 4.39. The van der Waals surface area contributed by atoms with Crippen molar-refractivity contribution < 1.29 is 9.53 Å². The monoisotopic (exact) mass is 284 g/mol. The minimum atomic E-state index is 0.0690. The molecule has 1 spiro atoms. The van der Waals surface area contributed by atoms with Crippen LogP contribution in [0.25, 0.3) is 0 Å². The summed E-state index contributed by atoms with van der Waals surface area (Å²) in [6.07, 6.45) is 8.20. The molecule has 0 aromatic heterocycles. The molecule has 0 N–H and O–H groups in total. The van der Waals surface area contributed by atoms with Crippen molar-refractivity contribution in [3.8, 4) is 0 Å².